The van der Waals surface area contributed by atoms with E-state index in [2.05, 4.69) is 62.8 Å². The molecule has 1 atom stereocenters. The predicted octanol–water partition coefficient (Wildman–Crippen LogP) is 4.45. The van der Waals surface area contributed by atoms with Crippen molar-refractivity contribution in [2.45, 2.75) is 39.7 Å². The van der Waals surface area contributed by atoms with E-state index in [-0.39, 0.29) is 11.9 Å². The van der Waals surface area contributed by atoms with E-state index in [0.717, 1.165) is 41.4 Å². The summed E-state index contributed by atoms with van der Waals surface area (Å²) < 4.78 is 1.73. The molecule has 0 aromatic heterocycles. The molecule has 0 saturated carbocycles. The van der Waals surface area contributed by atoms with Crippen molar-refractivity contribution in [3.05, 3.63) is 32.7 Å². The Hall–Kier alpha value is -0.390. The van der Waals surface area contributed by atoms with Crippen LogP contribution in [0.1, 0.15) is 44.0 Å². The molecule has 0 bridgehead atoms. The minimum atomic E-state index is -0.0292. The maximum absolute atomic E-state index is 12.3. The number of carbonyl (C=O) groups excluding carboxylic acids is 1. The summed E-state index contributed by atoms with van der Waals surface area (Å²) in [4.78, 5) is 14.7. The molecule has 0 fully saturated rings. The van der Waals surface area contributed by atoms with Gasteiger partial charge >= 0.3 is 0 Å². The first kappa shape index (κ1) is 18.7. The van der Waals surface area contributed by atoms with Crippen molar-refractivity contribution < 1.29 is 4.79 Å². The van der Waals surface area contributed by atoms with Crippen LogP contribution in [0.5, 0.6) is 0 Å². The number of carbonyl (C=O) groups is 1. The van der Waals surface area contributed by atoms with Gasteiger partial charge in [-0.1, -0.05) is 29.8 Å². The molecule has 0 aliphatic carbocycles. The molecular formula is C16H24Br2N2O. The smallest absolute Gasteiger partial charge is 0.252 e. The third-order valence-corrected chi connectivity index (χ3v) is 4.74. The summed E-state index contributed by atoms with van der Waals surface area (Å²) in [6.07, 6.45) is 2.09. The first-order valence-electron chi connectivity index (χ1n) is 7.46. The lowest BCUT2D eigenvalue weighted by Crippen LogP contribution is -2.33. The van der Waals surface area contributed by atoms with E-state index in [1.807, 2.05) is 18.2 Å². The van der Waals surface area contributed by atoms with Crippen LogP contribution in [0.4, 0.5) is 0 Å². The Morgan fingerprint density at radius 2 is 1.95 bits per heavy atom. The summed E-state index contributed by atoms with van der Waals surface area (Å²) in [6, 6.07) is 5.81. The van der Waals surface area contributed by atoms with Crippen LogP contribution in [0.2, 0.25) is 0 Å². The third-order valence-electron chi connectivity index (χ3n) is 3.56. The topological polar surface area (TPSA) is 32.3 Å². The fourth-order valence-electron chi connectivity index (χ4n) is 2.21. The lowest BCUT2D eigenvalue weighted by atomic mass is 10.1. The number of benzene rings is 1. The highest BCUT2D eigenvalue weighted by atomic mass is 79.9. The second-order valence-corrected chi connectivity index (χ2v) is 6.94. The molecule has 1 N–H and O–H groups in total. The Labute approximate surface area is 144 Å². The van der Waals surface area contributed by atoms with Crippen molar-refractivity contribution in [3.8, 4) is 0 Å². The fraction of sp³-hybridized carbons (Fsp3) is 0.562. The third kappa shape index (κ3) is 6.49. The normalized spacial score (nSPS) is 12.5. The standard InChI is InChI=1S/C16H24Br2N2O/c1-4-20(5-2)10-6-7-12(3)19-16(21)14-11-13(17)8-9-15(14)18/h8-9,11-12H,4-7,10H2,1-3H3,(H,19,21). The monoisotopic (exact) mass is 418 g/mol. The zero-order chi connectivity index (χ0) is 15.8. The average Bonchev–Trinajstić information content (AvgIpc) is 2.46. The highest BCUT2D eigenvalue weighted by Crippen LogP contribution is 2.21. The Kier molecular flexibility index (Phi) is 8.52. The van der Waals surface area contributed by atoms with Gasteiger partial charge in [-0.2, -0.15) is 0 Å². The summed E-state index contributed by atoms with van der Waals surface area (Å²) in [5.74, 6) is -0.0292. The quantitative estimate of drug-likeness (QED) is 0.674. The molecular weight excluding hydrogens is 396 g/mol. The fourth-order valence-corrected chi connectivity index (χ4v) is 2.99. The lowest BCUT2D eigenvalue weighted by Gasteiger charge is -2.20. The summed E-state index contributed by atoms with van der Waals surface area (Å²) in [6.45, 7) is 9.68. The Balaban J connectivity index is 2.45. The van der Waals surface area contributed by atoms with Crippen molar-refractivity contribution in [2.75, 3.05) is 19.6 Å². The van der Waals surface area contributed by atoms with Crippen LogP contribution >= 0.6 is 31.9 Å². The lowest BCUT2D eigenvalue weighted by molar-refractivity contribution is 0.0936. The van der Waals surface area contributed by atoms with E-state index >= 15 is 0 Å². The predicted molar refractivity (Wildman–Crippen MR) is 95.8 cm³/mol. The van der Waals surface area contributed by atoms with E-state index in [9.17, 15) is 4.79 Å². The number of halogens is 2. The van der Waals surface area contributed by atoms with Gasteiger partial charge in [0.25, 0.3) is 5.91 Å². The molecule has 0 spiro atoms. The Morgan fingerprint density at radius 1 is 1.29 bits per heavy atom. The molecule has 1 unspecified atom stereocenters. The van der Waals surface area contributed by atoms with Gasteiger partial charge in [-0.3, -0.25) is 4.79 Å². The van der Waals surface area contributed by atoms with Gasteiger partial charge in [0.1, 0.15) is 0 Å². The van der Waals surface area contributed by atoms with Gasteiger partial charge in [0, 0.05) is 15.0 Å². The first-order chi connectivity index (χ1) is 9.97. The van der Waals surface area contributed by atoms with Crippen LogP contribution in [0.25, 0.3) is 0 Å². The van der Waals surface area contributed by atoms with Crippen molar-refractivity contribution in [1.82, 2.24) is 10.2 Å². The van der Waals surface area contributed by atoms with E-state index in [4.69, 9.17) is 0 Å². The highest BCUT2D eigenvalue weighted by Gasteiger charge is 2.13. The van der Waals surface area contributed by atoms with Crippen LogP contribution in [0, 0.1) is 0 Å². The molecule has 5 heteroatoms. The summed E-state index contributed by atoms with van der Waals surface area (Å²) in [5, 5.41) is 3.07. The van der Waals surface area contributed by atoms with Crippen molar-refractivity contribution in [2.24, 2.45) is 0 Å². The first-order valence-corrected chi connectivity index (χ1v) is 9.04. The van der Waals surface area contributed by atoms with Crippen molar-refractivity contribution in [1.29, 1.82) is 0 Å². The van der Waals surface area contributed by atoms with Crippen LogP contribution in [0.15, 0.2) is 27.1 Å². The zero-order valence-corrected chi connectivity index (χ0v) is 16.1. The Morgan fingerprint density at radius 3 is 2.57 bits per heavy atom. The maximum atomic E-state index is 12.3. The second-order valence-electron chi connectivity index (χ2n) is 5.17. The number of rotatable bonds is 8. The summed E-state index contributed by atoms with van der Waals surface area (Å²) in [5.41, 5.74) is 0.667. The van der Waals surface area contributed by atoms with Gasteiger partial charge in [0.15, 0.2) is 0 Å². The molecule has 0 saturated heterocycles. The van der Waals surface area contributed by atoms with E-state index in [0.29, 0.717) is 5.56 Å². The number of nitrogens with one attached hydrogen (secondary N) is 1. The molecule has 0 aliphatic rings. The van der Waals surface area contributed by atoms with E-state index in [1.54, 1.807) is 0 Å². The van der Waals surface area contributed by atoms with Gasteiger partial charge in [-0.15, -0.1) is 0 Å². The molecule has 1 rings (SSSR count). The molecule has 0 radical (unpaired) electrons. The molecule has 1 aromatic rings. The van der Waals surface area contributed by atoms with Crippen LogP contribution in [-0.4, -0.2) is 36.5 Å². The summed E-state index contributed by atoms with van der Waals surface area (Å²) in [7, 11) is 0. The van der Waals surface area contributed by atoms with Crippen LogP contribution in [0.3, 0.4) is 0 Å². The Bertz CT molecular complexity index is 462. The highest BCUT2D eigenvalue weighted by molar-refractivity contribution is 9.11. The van der Waals surface area contributed by atoms with Crippen molar-refractivity contribution in [3.63, 3.8) is 0 Å². The minimum absolute atomic E-state index is 0.0292. The van der Waals surface area contributed by atoms with Gasteiger partial charge < -0.3 is 10.2 Å². The average molecular weight is 420 g/mol. The molecule has 0 aliphatic heterocycles. The number of nitrogens with zero attached hydrogens (tertiary/aromatic N) is 1. The molecule has 0 heterocycles. The van der Waals surface area contributed by atoms with Gasteiger partial charge in [0.05, 0.1) is 5.56 Å². The number of hydrogen-bond acceptors (Lipinski definition) is 2. The second kappa shape index (κ2) is 9.59. The zero-order valence-electron chi connectivity index (χ0n) is 13.0. The van der Waals surface area contributed by atoms with Crippen LogP contribution < -0.4 is 5.32 Å². The molecule has 1 aromatic carbocycles. The largest absolute Gasteiger partial charge is 0.350 e. The molecule has 3 nitrogen and oxygen atoms in total. The van der Waals surface area contributed by atoms with Gasteiger partial charge in [0.2, 0.25) is 0 Å². The van der Waals surface area contributed by atoms with E-state index < -0.39 is 0 Å². The van der Waals surface area contributed by atoms with Gasteiger partial charge in [-0.05, 0) is 73.5 Å². The van der Waals surface area contributed by atoms with Crippen molar-refractivity contribution >= 4 is 37.8 Å². The molecule has 118 valence electrons. The minimum Gasteiger partial charge on any atom is -0.350 e. The van der Waals surface area contributed by atoms with Crippen LogP contribution in [-0.2, 0) is 0 Å². The number of hydrogen-bond donors (Lipinski definition) is 1. The SMILES string of the molecule is CCN(CC)CCCC(C)NC(=O)c1cc(Br)ccc1Br. The van der Waals surface area contributed by atoms with Gasteiger partial charge in [-0.25, -0.2) is 0 Å². The molecule has 21 heavy (non-hydrogen) atoms. The summed E-state index contributed by atoms with van der Waals surface area (Å²) >= 11 is 6.82. The van der Waals surface area contributed by atoms with E-state index in [1.165, 1.54) is 0 Å². The number of amides is 1. The molecule has 1 amide bonds. The maximum Gasteiger partial charge on any atom is 0.252 e.